The number of carbonyl (C=O) groups is 1. The van der Waals surface area contributed by atoms with Crippen molar-refractivity contribution in [3.8, 4) is 0 Å². The van der Waals surface area contributed by atoms with Crippen molar-refractivity contribution in [3.05, 3.63) is 11.9 Å². The highest BCUT2D eigenvalue weighted by Crippen LogP contribution is 2.11. The fourth-order valence-electron chi connectivity index (χ4n) is 1.01. The molecule has 1 aromatic heterocycles. The Kier molecular flexibility index (Phi) is 3.58. The Morgan fingerprint density at radius 2 is 2.50 bits per heavy atom. The Bertz CT molecular complexity index is 310. The number of aliphatic hydroxyl groups is 1. The summed E-state index contributed by atoms with van der Waals surface area (Å²) in [4.78, 5) is 10.5. The van der Waals surface area contributed by atoms with E-state index in [0.29, 0.717) is 18.7 Å². The maximum atomic E-state index is 10.5. The summed E-state index contributed by atoms with van der Waals surface area (Å²) in [5, 5.41) is 16.9. The van der Waals surface area contributed by atoms with Crippen molar-refractivity contribution in [1.29, 1.82) is 0 Å². The molecule has 0 spiro atoms. The van der Waals surface area contributed by atoms with E-state index in [9.17, 15) is 9.90 Å². The van der Waals surface area contributed by atoms with Gasteiger partial charge in [0.25, 0.3) is 0 Å². The lowest BCUT2D eigenvalue weighted by molar-refractivity contribution is -0.118. The van der Waals surface area contributed by atoms with E-state index in [4.69, 9.17) is 5.73 Å². The average molecular weight is 198 g/mol. The number of amides is 1. The molecule has 6 nitrogen and oxygen atoms in total. The molecule has 1 unspecified atom stereocenters. The highest BCUT2D eigenvalue weighted by Gasteiger charge is 2.09. The first kappa shape index (κ1) is 10.6. The molecule has 1 rings (SSSR count). The number of rotatable bonds is 5. The number of hydrogen-bond donors (Lipinski definition) is 2. The van der Waals surface area contributed by atoms with Crippen LogP contribution in [0.3, 0.4) is 0 Å². The first-order chi connectivity index (χ1) is 6.63. The molecule has 0 aromatic carbocycles. The van der Waals surface area contributed by atoms with Crippen LogP contribution in [0.5, 0.6) is 0 Å². The summed E-state index contributed by atoms with van der Waals surface area (Å²) >= 11 is 0. The van der Waals surface area contributed by atoms with Crippen molar-refractivity contribution >= 4 is 5.91 Å². The monoisotopic (exact) mass is 198 g/mol. The van der Waals surface area contributed by atoms with E-state index in [1.54, 1.807) is 6.20 Å². The summed E-state index contributed by atoms with van der Waals surface area (Å²) in [6.45, 7) is 2.26. The topological polar surface area (TPSA) is 94.0 Å². The number of hydrogen-bond acceptors (Lipinski definition) is 4. The molecule has 0 bridgehead atoms. The van der Waals surface area contributed by atoms with Crippen molar-refractivity contribution in [2.24, 2.45) is 5.73 Å². The zero-order chi connectivity index (χ0) is 10.6. The molecule has 0 radical (unpaired) electrons. The molecule has 0 aliphatic carbocycles. The van der Waals surface area contributed by atoms with Crippen LogP contribution in [0.4, 0.5) is 0 Å². The van der Waals surface area contributed by atoms with E-state index < -0.39 is 6.10 Å². The molecule has 0 saturated carbocycles. The minimum Gasteiger partial charge on any atom is -0.387 e. The van der Waals surface area contributed by atoms with Gasteiger partial charge in [-0.25, -0.2) is 0 Å². The third-order valence-electron chi connectivity index (χ3n) is 1.87. The van der Waals surface area contributed by atoms with Crippen LogP contribution in [0.25, 0.3) is 0 Å². The predicted molar refractivity (Wildman–Crippen MR) is 49.1 cm³/mol. The van der Waals surface area contributed by atoms with Gasteiger partial charge in [0.1, 0.15) is 5.69 Å². The van der Waals surface area contributed by atoms with E-state index in [2.05, 4.69) is 10.3 Å². The molecule has 1 aromatic rings. The van der Waals surface area contributed by atoms with Gasteiger partial charge in [-0.1, -0.05) is 12.1 Å². The zero-order valence-corrected chi connectivity index (χ0v) is 8.05. The smallest absolute Gasteiger partial charge is 0.219 e. The number of aryl methyl sites for hydroxylation is 1. The van der Waals surface area contributed by atoms with Gasteiger partial charge in [0.05, 0.1) is 18.8 Å². The van der Waals surface area contributed by atoms with Gasteiger partial charge in [0, 0.05) is 6.42 Å². The standard InChI is InChI=1S/C8H14N4O2/c1-2-7(13)6-5-12(11-10-6)4-3-8(9)14/h5,7,13H,2-4H2,1H3,(H2,9,14). The SMILES string of the molecule is CCC(O)c1cn(CCC(N)=O)nn1. The molecule has 1 heterocycles. The van der Waals surface area contributed by atoms with Crippen LogP contribution in [-0.4, -0.2) is 26.0 Å². The minimum atomic E-state index is -0.586. The lowest BCUT2D eigenvalue weighted by Crippen LogP contribution is -2.14. The number of aromatic nitrogens is 3. The number of nitrogens with two attached hydrogens (primary N) is 1. The second kappa shape index (κ2) is 4.71. The van der Waals surface area contributed by atoms with Gasteiger partial charge < -0.3 is 10.8 Å². The number of carbonyl (C=O) groups excluding carboxylic acids is 1. The number of nitrogens with zero attached hydrogens (tertiary/aromatic N) is 3. The second-order valence-corrected chi connectivity index (χ2v) is 3.05. The third-order valence-corrected chi connectivity index (χ3v) is 1.87. The van der Waals surface area contributed by atoms with Crippen molar-refractivity contribution < 1.29 is 9.90 Å². The largest absolute Gasteiger partial charge is 0.387 e. The van der Waals surface area contributed by atoms with Gasteiger partial charge in [-0.05, 0) is 6.42 Å². The first-order valence-corrected chi connectivity index (χ1v) is 4.50. The molecule has 78 valence electrons. The van der Waals surface area contributed by atoms with Crippen LogP contribution >= 0.6 is 0 Å². The predicted octanol–water partition coefficient (Wildman–Crippen LogP) is -0.403. The Labute approximate surface area is 81.7 Å². The van der Waals surface area contributed by atoms with Gasteiger partial charge in [0.2, 0.25) is 5.91 Å². The van der Waals surface area contributed by atoms with Crippen molar-refractivity contribution in [2.75, 3.05) is 0 Å². The fraction of sp³-hybridized carbons (Fsp3) is 0.625. The second-order valence-electron chi connectivity index (χ2n) is 3.05. The fourth-order valence-corrected chi connectivity index (χ4v) is 1.01. The molecular formula is C8H14N4O2. The maximum Gasteiger partial charge on any atom is 0.219 e. The van der Waals surface area contributed by atoms with Crippen LogP contribution in [-0.2, 0) is 11.3 Å². The lowest BCUT2D eigenvalue weighted by atomic mass is 10.2. The van der Waals surface area contributed by atoms with Crippen LogP contribution in [0.1, 0.15) is 31.6 Å². The van der Waals surface area contributed by atoms with Crippen molar-refractivity contribution in [3.63, 3.8) is 0 Å². The summed E-state index contributed by atoms with van der Waals surface area (Å²) in [5.41, 5.74) is 5.51. The molecule has 6 heteroatoms. The first-order valence-electron chi connectivity index (χ1n) is 4.50. The molecule has 0 fully saturated rings. The van der Waals surface area contributed by atoms with Crippen molar-refractivity contribution in [2.45, 2.75) is 32.4 Å². The summed E-state index contributed by atoms with van der Waals surface area (Å²) in [6, 6.07) is 0. The van der Waals surface area contributed by atoms with E-state index in [-0.39, 0.29) is 12.3 Å². The van der Waals surface area contributed by atoms with Crippen LogP contribution in [0.15, 0.2) is 6.20 Å². The summed E-state index contributed by atoms with van der Waals surface area (Å²) in [6.07, 6.45) is 1.86. The van der Waals surface area contributed by atoms with E-state index in [0.717, 1.165) is 0 Å². The summed E-state index contributed by atoms with van der Waals surface area (Å²) < 4.78 is 1.50. The molecule has 0 aliphatic rings. The van der Waals surface area contributed by atoms with Crippen molar-refractivity contribution in [1.82, 2.24) is 15.0 Å². The lowest BCUT2D eigenvalue weighted by Gasteiger charge is -2.00. The van der Waals surface area contributed by atoms with E-state index >= 15 is 0 Å². The molecule has 0 aliphatic heterocycles. The number of aliphatic hydroxyl groups excluding tert-OH is 1. The molecule has 1 amide bonds. The van der Waals surface area contributed by atoms with Crippen LogP contribution in [0, 0.1) is 0 Å². The maximum absolute atomic E-state index is 10.5. The van der Waals surface area contributed by atoms with E-state index in [1.165, 1.54) is 4.68 Å². The van der Waals surface area contributed by atoms with Crippen LogP contribution in [0.2, 0.25) is 0 Å². The zero-order valence-electron chi connectivity index (χ0n) is 8.05. The average Bonchev–Trinajstić information content (AvgIpc) is 2.62. The van der Waals surface area contributed by atoms with Gasteiger partial charge in [-0.2, -0.15) is 0 Å². The summed E-state index contributed by atoms with van der Waals surface area (Å²) in [5.74, 6) is -0.377. The van der Waals surface area contributed by atoms with Gasteiger partial charge in [-0.15, -0.1) is 5.10 Å². The van der Waals surface area contributed by atoms with Gasteiger partial charge in [0.15, 0.2) is 0 Å². The third kappa shape index (κ3) is 2.81. The molecule has 0 saturated heterocycles. The molecular weight excluding hydrogens is 184 g/mol. The highest BCUT2D eigenvalue weighted by molar-refractivity contribution is 5.73. The Hall–Kier alpha value is -1.43. The van der Waals surface area contributed by atoms with Crippen LogP contribution < -0.4 is 5.73 Å². The quantitative estimate of drug-likeness (QED) is 0.672. The molecule has 3 N–H and O–H groups in total. The van der Waals surface area contributed by atoms with Gasteiger partial charge >= 0.3 is 0 Å². The number of primary amides is 1. The summed E-state index contributed by atoms with van der Waals surface area (Å²) in [7, 11) is 0. The minimum absolute atomic E-state index is 0.227. The Morgan fingerprint density at radius 1 is 1.79 bits per heavy atom. The normalized spacial score (nSPS) is 12.7. The van der Waals surface area contributed by atoms with Gasteiger partial charge in [-0.3, -0.25) is 9.48 Å². The molecule has 14 heavy (non-hydrogen) atoms. The Balaban J connectivity index is 2.54. The highest BCUT2D eigenvalue weighted by atomic mass is 16.3. The van der Waals surface area contributed by atoms with E-state index in [1.807, 2.05) is 6.92 Å². The molecule has 1 atom stereocenters. The Morgan fingerprint density at radius 3 is 3.07 bits per heavy atom.